The van der Waals surface area contributed by atoms with Crippen molar-refractivity contribution in [3.05, 3.63) is 264 Å². The monoisotopic (exact) mass is 834 g/mol. The van der Waals surface area contributed by atoms with E-state index in [0.29, 0.717) is 0 Å². The lowest BCUT2D eigenvalue weighted by molar-refractivity contribution is 0.489. The molecule has 0 saturated carbocycles. The van der Waals surface area contributed by atoms with Crippen LogP contribution in [-0.2, 0) is 5.41 Å². The molecule has 0 saturated heterocycles. The molecule has 2 unspecified atom stereocenters. The Morgan fingerprint density at radius 3 is 1.78 bits per heavy atom. The molecule has 0 radical (unpaired) electrons. The van der Waals surface area contributed by atoms with E-state index in [0.717, 1.165) is 23.5 Å². The van der Waals surface area contributed by atoms with Gasteiger partial charge in [-0.3, -0.25) is 0 Å². The summed E-state index contributed by atoms with van der Waals surface area (Å²) in [6, 6.07) is 82.9. The van der Waals surface area contributed by atoms with Crippen molar-refractivity contribution in [3.63, 3.8) is 0 Å². The second-order valence-electron chi connectivity index (χ2n) is 17.2. The van der Waals surface area contributed by atoms with Crippen molar-refractivity contribution < 1.29 is 0 Å². The van der Waals surface area contributed by atoms with Crippen molar-refractivity contribution >= 4 is 81.5 Å². The van der Waals surface area contributed by atoms with Gasteiger partial charge in [0.1, 0.15) is 0 Å². The first-order valence-electron chi connectivity index (χ1n) is 22.3. The minimum absolute atomic E-state index is 0.140. The molecule has 9 aromatic carbocycles. The van der Waals surface area contributed by atoms with Crippen LogP contribution in [0.1, 0.15) is 34.2 Å². The molecule has 2 aliphatic carbocycles. The zero-order valence-electron chi connectivity index (χ0n) is 35.1. The van der Waals surface area contributed by atoms with Gasteiger partial charge in [0.05, 0.1) is 16.4 Å². The maximum atomic E-state index is 2.48. The van der Waals surface area contributed by atoms with Crippen LogP contribution in [0.25, 0.3) is 58.8 Å². The fourth-order valence-corrected chi connectivity index (χ4v) is 12.5. The highest BCUT2D eigenvalue weighted by Crippen LogP contribution is 2.63. The molecule has 2 atom stereocenters. The number of anilines is 3. The molecule has 0 N–H and O–H groups in total. The number of thiophene rings is 1. The molecule has 0 aliphatic heterocycles. The lowest BCUT2D eigenvalue weighted by Gasteiger charge is -2.40. The van der Waals surface area contributed by atoms with Gasteiger partial charge in [-0.05, 0) is 107 Å². The molecule has 2 aromatic heterocycles. The minimum Gasteiger partial charge on any atom is -0.311 e. The van der Waals surface area contributed by atoms with Crippen molar-refractivity contribution in [2.24, 2.45) is 5.92 Å². The van der Waals surface area contributed by atoms with Crippen LogP contribution in [0, 0.1) is 5.92 Å². The van der Waals surface area contributed by atoms with E-state index in [1.54, 1.807) is 0 Å². The first-order chi connectivity index (χ1) is 31.8. The van der Waals surface area contributed by atoms with Gasteiger partial charge in [0.15, 0.2) is 0 Å². The van der Waals surface area contributed by atoms with Gasteiger partial charge >= 0.3 is 0 Å². The van der Waals surface area contributed by atoms with Crippen molar-refractivity contribution in [2.45, 2.75) is 11.8 Å². The number of nitrogens with zero attached hydrogens (tertiary/aromatic N) is 2. The smallest absolute Gasteiger partial charge is 0.0547 e. The predicted molar refractivity (Wildman–Crippen MR) is 272 cm³/mol. The Morgan fingerprint density at radius 2 is 1.05 bits per heavy atom. The summed E-state index contributed by atoms with van der Waals surface area (Å²) >= 11 is 1.94. The summed E-state index contributed by atoms with van der Waals surface area (Å²) in [5.41, 5.74) is 16.0. The van der Waals surface area contributed by atoms with Gasteiger partial charge in [-0.15, -0.1) is 11.3 Å². The third-order valence-electron chi connectivity index (χ3n) is 13.9. The summed E-state index contributed by atoms with van der Waals surface area (Å²) in [6.45, 7) is 0. The van der Waals surface area contributed by atoms with Crippen molar-refractivity contribution in [1.82, 2.24) is 4.57 Å². The first kappa shape index (κ1) is 36.9. The zero-order chi connectivity index (χ0) is 42.2. The van der Waals surface area contributed by atoms with Crippen LogP contribution in [0.3, 0.4) is 0 Å². The highest BCUT2D eigenvalue weighted by molar-refractivity contribution is 7.26. The molecule has 2 aliphatic rings. The van der Waals surface area contributed by atoms with Crippen LogP contribution >= 0.6 is 11.3 Å². The Kier molecular flexibility index (Phi) is 8.47. The molecule has 11 aromatic rings. The molecular formula is C61H42N2S. The molecule has 0 bridgehead atoms. The van der Waals surface area contributed by atoms with E-state index in [1.807, 2.05) is 11.3 Å². The quantitative estimate of drug-likeness (QED) is 0.155. The number of aromatic nitrogens is 1. The lowest BCUT2D eigenvalue weighted by Crippen LogP contribution is -2.35. The normalized spacial score (nSPS) is 16.8. The van der Waals surface area contributed by atoms with Crippen LogP contribution in [0.5, 0.6) is 0 Å². The molecule has 64 heavy (non-hydrogen) atoms. The summed E-state index contributed by atoms with van der Waals surface area (Å²) in [7, 11) is 0. The number of rotatable bonds is 7. The second-order valence-corrected chi connectivity index (χ2v) is 18.2. The summed E-state index contributed by atoms with van der Waals surface area (Å²) in [5.74, 6) is 0.140. The summed E-state index contributed by atoms with van der Waals surface area (Å²) in [4.78, 5) is 2.36. The average molecular weight is 835 g/mol. The summed E-state index contributed by atoms with van der Waals surface area (Å²) in [5, 5.41) is 5.22. The van der Waals surface area contributed by atoms with Crippen molar-refractivity contribution in [3.8, 4) is 5.69 Å². The average Bonchev–Trinajstić information content (AvgIpc) is 4.01. The highest BCUT2D eigenvalue weighted by atomic mass is 32.1. The number of benzene rings is 9. The topological polar surface area (TPSA) is 8.17 Å². The van der Waals surface area contributed by atoms with E-state index in [2.05, 4.69) is 246 Å². The fourth-order valence-electron chi connectivity index (χ4n) is 11.2. The number of hydrogen-bond donors (Lipinski definition) is 0. The maximum absolute atomic E-state index is 2.48. The van der Waals surface area contributed by atoms with E-state index >= 15 is 0 Å². The molecule has 13 rings (SSSR count). The number of hydrogen-bond acceptors (Lipinski definition) is 2. The maximum Gasteiger partial charge on any atom is 0.0547 e. The third-order valence-corrected chi connectivity index (χ3v) is 15.1. The van der Waals surface area contributed by atoms with Crippen LogP contribution < -0.4 is 4.90 Å². The van der Waals surface area contributed by atoms with E-state index in [4.69, 9.17) is 0 Å². The lowest BCUT2D eigenvalue weighted by atomic mass is 9.62. The van der Waals surface area contributed by atoms with Crippen LogP contribution in [0.4, 0.5) is 17.1 Å². The molecule has 3 heteroatoms. The minimum atomic E-state index is -0.460. The largest absolute Gasteiger partial charge is 0.311 e. The third kappa shape index (κ3) is 5.51. The van der Waals surface area contributed by atoms with Crippen LogP contribution in [-0.4, -0.2) is 4.57 Å². The number of fused-ring (bicyclic) bond motifs is 10. The molecular weight excluding hydrogens is 793 g/mol. The molecule has 302 valence electrons. The summed E-state index contributed by atoms with van der Waals surface area (Å²) < 4.78 is 5.15. The highest BCUT2D eigenvalue weighted by Gasteiger charge is 2.53. The Bertz CT molecular complexity index is 3580. The van der Waals surface area contributed by atoms with Crippen molar-refractivity contribution in [1.29, 1.82) is 0 Å². The molecule has 0 amide bonds. The van der Waals surface area contributed by atoms with Gasteiger partial charge in [-0.2, -0.15) is 0 Å². The molecule has 2 nitrogen and oxygen atoms in total. The Hall–Kier alpha value is -7.72. The molecule has 2 heterocycles. The van der Waals surface area contributed by atoms with Crippen LogP contribution in [0.2, 0.25) is 0 Å². The van der Waals surface area contributed by atoms with Gasteiger partial charge in [0, 0.05) is 65.2 Å². The first-order valence-corrected chi connectivity index (χ1v) is 23.1. The fraction of sp³-hybridized carbons (Fsp3) is 0.0492. The van der Waals surface area contributed by atoms with E-state index in [1.165, 1.54) is 86.6 Å². The predicted octanol–water partition coefficient (Wildman–Crippen LogP) is 16.5. The van der Waals surface area contributed by atoms with E-state index < -0.39 is 5.41 Å². The second kappa shape index (κ2) is 14.7. The summed E-state index contributed by atoms with van der Waals surface area (Å²) in [6.07, 6.45) is 5.80. The zero-order valence-corrected chi connectivity index (χ0v) is 35.9. The molecule has 0 fully saturated rings. The van der Waals surface area contributed by atoms with Gasteiger partial charge in [0.2, 0.25) is 0 Å². The van der Waals surface area contributed by atoms with E-state index in [-0.39, 0.29) is 5.92 Å². The Balaban J connectivity index is 1.04. The van der Waals surface area contributed by atoms with Gasteiger partial charge in [0.25, 0.3) is 0 Å². The Morgan fingerprint density at radius 1 is 0.469 bits per heavy atom. The van der Waals surface area contributed by atoms with Crippen LogP contribution in [0.15, 0.2) is 237 Å². The molecule has 0 spiro atoms. The van der Waals surface area contributed by atoms with Gasteiger partial charge < -0.3 is 9.47 Å². The van der Waals surface area contributed by atoms with Gasteiger partial charge in [-0.1, -0.05) is 170 Å². The van der Waals surface area contributed by atoms with Crippen molar-refractivity contribution in [2.75, 3.05) is 4.90 Å². The number of allylic oxidation sites excluding steroid dienone is 4. The SMILES string of the molecule is C1=C(c2ccc3c4ccccc4n(-c4ccccc4)c3c2)CC2C(=C1)c1c(ccc3c1sc1ccccc13)C2(c1ccccc1)c1ccc(N(c2ccccc2)c2ccccc2)cc1. The number of para-hydroxylation sites is 4. The standard InChI is InChI=1S/C61H42N2S/c1-5-17-43(18-6-1)61(44-31-33-48(34-32-44)62(45-19-7-2-8-20-45)46-21-9-3-10-22-46)54-38-37-52-51-26-14-16-28-58(51)64-60(52)59(54)53-36-30-41(39-55(53)61)42-29-35-50-49-25-13-15-27-56(49)63(57(50)40-42)47-23-11-4-12-24-47/h1-38,40,55H,39H2. The van der Waals surface area contributed by atoms with Gasteiger partial charge in [-0.25, -0.2) is 0 Å². The van der Waals surface area contributed by atoms with E-state index in [9.17, 15) is 0 Å². The Labute approximate surface area is 376 Å².